The number of aliphatic hydroxyl groups is 1. The molecule has 2 aliphatic heterocycles. The average molecular weight is 262 g/mol. The molecule has 1 aliphatic carbocycles. The zero-order valence-corrected chi connectivity index (χ0v) is 10.8. The standard InChI is InChI=1S/C15H18O4/c16-14(11-3-1-2-6-15(11)8-19-15)10-4-5-12-13(7-10)18-9-17-12/h4-5,7,11,14,16H,1-3,6,8-9H2. The first-order valence-corrected chi connectivity index (χ1v) is 7.00. The molecule has 4 nitrogen and oxygen atoms in total. The lowest BCUT2D eigenvalue weighted by molar-refractivity contribution is 0.0265. The van der Waals surface area contributed by atoms with E-state index in [4.69, 9.17) is 14.2 Å². The summed E-state index contributed by atoms with van der Waals surface area (Å²) in [6.07, 6.45) is 4.04. The zero-order chi connectivity index (χ0) is 12.9. The molecule has 3 atom stereocenters. The Morgan fingerprint density at radius 3 is 2.89 bits per heavy atom. The molecule has 4 heteroatoms. The molecule has 2 fully saturated rings. The number of fused-ring (bicyclic) bond motifs is 1. The van der Waals surface area contributed by atoms with Crippen LogP contribution in [-0.4, -0.2) is 24.1 Å². The molecule has 3 aliphatic rings. The van der Waals surface area contributed by atoms with Crippen LogP contribution in [0, 0.1) is 5.92 Å². The van der Waals surface area contributed by atoms with Gasteiger partial charge in [0.2, 0.25) is 6.79 Å². The predicted molar refractivity (Wildman–Crippen MR) is 68.2 cm³/mol. The van der Waals surface area contributed by atoms with Crippen molar-refractivity contribution in [3.05, 3.63) is 23.8 Å². The van der Waals surface area contributed by atoms with Gasteiger partial charge in [-0.2, -0.15) is 0 Å². The van der Waals surface area contributed by atoms with Crippen LogP contribution in [0.15, 0.2) is 18.2 Å². The van der Waals surface area contributed by atoms with Crippen LogP contribution < -0.4 is 9.47 Å². The highest BCUT2D eigenvalue weighted by Gasteiger charge is 2.54. The van der Waals surface area contributed by atoms with Gasteiger partial charge in [-0.25, -0.2) is 0 Å². The fourth-order valence-corrected chi connectivity index (χ4v) is 3.46. The first kappa shape index (κ1) is 11.6. The van der Waals surface area contributed by atoms with Crippen molar-refractivity contribution < 1.29 is 19.3 Å². The Morgan fingerprint density at radius 2 is 2.05 bits per heavy atom. The maximum atomic E-state index is 10.7. The summed E-state index contributed by atoms with van der Waals surface area (Å²) in [7, 11) is 0. The highest BCUT2D eigenvalue weighted by atomic mass is 16.7. The molecule has 0 aromatic heterocycles. The average Bonchev–Trinajstić information content (AvgIpc) is 3.04. The number of epoxide rings is 1. The molecule has 19 heavy (non-hydrogen) atoms. The Morgan fingerprint density at radius 1 is 1.21 bits per heavy atom. The van der Waals surface area contributed by atoms with E-state index in [1.54, 1.807) is 0 Å². The fourth-order valence-electron chi connectivity index (χ4n) is 3.46. The molecule has 0 bridgehead atoms. The topological polar surface area (TPSA) is 51.2 Å². The molecule has 1 spiro atoms. The van der Waals surface area contributed by atoms with Crippen molar-refractivity contribution in [3.63, 3.8) is 0 Å². The Balaban J connectivity index is 1.61. The first-order chi connectivity index (χ1) is 9.28. The number of hydrogen-bond acceptors (Lipinski definition) is 4. The summed E-state index contributed by atoms with van der Waals surface area (Å²) in [5.74, 6) is 1.71. The van der Waals surface area contributed by atoms with Gasteiger partial charge in [0, 0.05) is 5.92 Å². The van der Waals surface area contributed by atoms with Crippen LogP contribution in [0.5, 0.6) is 11.5 Å². The summed E-state index contributed by atoms with van der Waals surface area (Å²) < 4.78 is 16.4. The van der Waals surface area contributed by atoms with Crippen LogP contribution >= 0.6 is 0 Å². The van der Waals surface area contributed by atoms with Crippen molar-refractivity contribution in [2.75, 3.05) is 13.4 Å². The third-order valence-electron chi connectivity index (χ3n) is 4.68. The molecule has 102 valence electrons. The summed E-state index contributed by atoms with van der Waals surface area (Å²) in [5, 5.41) is 10.7. The molecule has 1 saturated heterocycles. The van der Waals surface area contributed by atoms with Gasteiger partial charge in [0.15, 0.2) is 11.5 Å². The van der Waals surface area contributed by atoms with Gasteiger partial charge < -0.3 is 19.3 Å². The van der Waals surface area contributed by atoms with Gasteiger partial charge in [0.25, 0.3) is 0 Å². The normalized spacial score (nSPS) is 33.4. The molecule has 0 radical (unpaired) electrons. The molecule has 1 saturated carbocycles. The van der Waals surface area contributed by atoms with Crippen LogP contribution in [-0.2, 0) is 4.74 Å². The molecule has 3 unspecified atom stereocenters. The van der Waals surface area contributed by atoms with Crippen molar-refractivity contribution in [1.29, 1.82) is 0 Å². The predicted octanol–water partition coefficient (Wildman–Crippen LogP) is 2.41. The molecule has 1 aromatic carbocycles. The SMILES string of the molecule is OC(c1ccc2c(c1)OCO2)C1CCCCC12CO2. The summed E-state index contributed by atoms with van der Waals surface area (Å²) >= 11 is 0. The lowest BCUT2D eigenvalue weighted by Gasteiger charge is -2.32. The van der Waals surface area contributed by atoms with Crippen LogP contribution in [0.1, 0.15) is 37.4 Å². The van der Waals surface area contributed by atoms with Gasteiger partial charge in [0.05, 0.1) is 18.3 Å². The Kier molecular flexibility index (Phi) is 2.50. The van der Waals surface area contributed by atoms with Crippen molar-refractivity contribution in [2.45, 2.75) is 37.4 Å². The number of hydrogen-bond donors (Lipinski definition) is 1. The molecule has 0 amide bonds. The number of rotatable bonds is 2. The molecule has 2 heterocycles. The van der Waals surface area contributed by atoms with Crippen molar-refractivity contribution in [1.82, 2.24) is 0 Å². The van der Waals surface area contributed by atoms with Crippen LogP contribution in [0.2, 0.25) is 0 Å². The monoisotopic (exact) mass is 262 g/mol. The Labute approximate surface area is 112 Å². The highest BCUT2D eigenvalue weighted by molar-refractivity contribution is 5.45. The van der Waals surface area contributed by atoms with Gasteiger partial charge in [-0.1, -0.05) is 18.9 Å². The molecule has 4 rings (SSSR count). The number of ether oxygens (including phenoxy) is 3. The quantitative estimate of drug-likeness (QED) is 0.832. The van der Waals surface area contributed by atoms with Gasteiger partial charge in [-0.05, 0) is 30.5 Å². The van der Waals surface area contributed by atoms with Gasteiger partial charge in [-0.15, -0.1) is 0 Å². The van der Waals surface area contributed by atoms with Crippen LogP contribution in [0.4, 0.5) is 0 Å². The minimum absolute atomic E-state index is 0.0476. The van der Waals surface area contributed by atoms with E-state index in [1.807, 2.05) is 18.2 Å². The molecular weight excluding hydrogens is 244 g/mol. The third kappa shape index (κ3) is 1.82. The van der Waals surface area contributed by atoms with Gasteiger partial charge in [0.1, 0.15) is 0 Å². The lowest BCUT2D eigenvalue weighted by Crippen LogP contribution is -2.33. The van der Waals surface area contributed by atoms with Crippen LogP contribution in [0.25, 0.3) is 0 Å². The maximum Gasteiger partial charge on any atom is 0.231 e. The number of benzene rings is 1. The van der Waals surface area contributed by atoms with E-state index in [2.05, 4.69) is 0 Å². The largest absolute Gasteiger partial charge is 0.454 e. The van der Waals surface area contributed by atoms with E-state index in [0.717, 1.165) is 36.5 Å². The molecular formula is C15H18O4. The molecule has 1 N–H and O–H groups in total. The zero-order valence-electron chi connectivity index (χ0n) is 10.8. The van der Waals surface area contributed by atoms with Crippen molar-refractivity contribution in [2.24, 2.45) is 5.92 Å². The van der Waals surface area contributed by atoms with E-state index in [1.165, 1.54) is 12.8 Å². The third-order valence-corrected chi connectivity index (χ3v) is 4.68. The minimum atomic E-state index is -0.475. The second-order valence-electron chi connectivity index (χ2n) is 5.76. The summed E-state index contributed by atoms with van der Waals surface area (Å²) in [5.41, 5.74) is 0.861. The first-order valence-electron chi connectivity index (χ1n) is 7.00. The minimum Gasteiger partial charge on any atom is -0.454 e. The summed E-state index contributed by atoms with van der Waals surface area (Å²) in [6, 6.07) is 5.71. The fraction of sp³-hybridized carbons (Fsp3) is 0.600. The molecule has 1 aromatic rings. The van der Waals surface area contributed by atoms with E-state index >= 15 is 0 Å². The Bertz CT molecular complexity index is 495. The maximum absolute atomic E-state index is 10.7. The Hall–Kier alpha value is -1.26. The highest BCUT2D eigenvalue weighted by Crippen LogP contribution is 2.51. The smallest absolute Gasteiger partial charge is 0.231 e. The van der Waals surface area contributed by atoms with E-state index in [9.17, 15) is 5.11 Å². The second kappa shape index (κ2) is 4.12. The van der Waals surface area contributed by atoms with E-state index < -0.39 is 6.10 Å². The van der Waals surface area contributed by atoms with E-state index in [-0.39, 0.29) is 18.3 Å². The van der Waals surface area contributed by atoms with E-state index in [0.29, 0.717) is 0 Å². The van der Waals surface area contributed by atoms with Crippen molar-refractivity contribution >= 4 is 0 Å². The lowest BCUT2D eigenvalue weighted by atomic mass is 9.74. The van der Waals surface area contributed by atoms with Gasteiger partial charge in [-0.3, -0.25) is 0 Å². The van der Waals surface area contributed by atoms with Gasteiger partial charge >= 0.3 is 0 Å². The van der Waals surface area contributed by atoms with Crippen molar-refractivity contribution in [3.8, 4) is 11.5 Å². The summed E-state index contributed by atoms with van der Waals surface area (Å²) in [4.78, 5) is 0. The van der Waals surface area contributed by atoms with Crippen LogP contribution in [0.3, 0.4) is 0 Å². The second-order valence-corrected chi connectivity index (χ2v) is 5.76. The summed E-state index contributed by atoms with van der Waals surface area (Å²) in [6.45, 7) is 1.07. The number of aliphatic hydroxyl groups excluding tert-OH is 1.